The number of benzene rings is 3. The van der Waals surface area contributed by atoms with Gasteiger partial charge < -0.3 is 15.0 Å². The molecule has 0 saturated carbocycles. The smallest absolute Gasteiger partial charge is 0.264 e. The molecule has 0 saturated heterocycles. The van der Waals surface area contributed by atoms with Crippen LogP contribution in [0.25, 0.3) is 0 Å². The molecule has 2 amide bonds. The third-order valence-electron chi connectivity index (χ3n) is 7.27. The van der Waals surface area contributed by atoms with Crippen LogP contribution in [-0.2, 0) is 26.2 Å². The fraction of sp³-hybridized carbons (Fsp3) is 0.375. The number of hydrogen-bond donors (Lipinski definition) is 1. The van der Waals surface area contributed by atoms with E-state index in [2.05, 4.69) is 5.32 Å². The van der Waals surface area contributed by atoms with Crippen molar-refractivity contribution in [2.75, 3.05) is 18.0 Å². The molecule has 0 aliphatic heterocycles. The number of nitrogens with zero attached hydrogens (tertiary/aromatic N) is 2. The van der Waals surface area contributed by atoms with Gasteiger partial charge in [0.1, 0.15) is 18.3 Å². The molecule has 0 spiro atoms. The molecule has 0 aromatic heterocycles. The summed E-state index contributed by atoms with van der Waals surface area (Å²) in [6.45, 7) is 8.58. The number of anilines is 1. The average Bonchev–Trinajstić information content (AvgIpc) is 2.97. The molecule has 3 rings (SSSR count). The monoisotopic (exact) mass is 647 g/mol. The Bertz CT molecular complexity index is 1530. The topological polar surface area (TPSA) is 96.0 Å². The predicted molar refractivity (Wildman–Crippen MR) is 172 cm³/mol. The number of methoxy groups -OCH3 is 1. The standard InChI is InChI=1S/C32H39Cl2N3O5S/c1-7-23(5)35-32(39)28(8-2)36(19-25-26(33)10-9-11-27(25)34)31(38)20-37(29-18-22(4)14-17-30(29)42-6)43(40,41)24-15-12-21(3)13-16-24/h9-18,23,28H,7-8,19-20H2,1-6H3,(H,35,39). The number of rotatable bonds is 13. The number of halogens is 2. The number of ether oxygens (including phenoxy) is 1. The van der Waals surface area contributed by atoms with Gasteiger partial charge in [0.05, 0.1) is 17.7 Å². The zero-order chi connectivity index (χ0) is 31.9. The second-order valence-corrected chi connectivity index (χ2v) is 13.1. The SMILES string of the molecule is CCC(C)NC(=O)C(CC)N(Cc1c(Cl)cccc1Cl)C(=O)CN(c1cc(C)ccc1OC)S(=O)(=O)c1ccc(C)cc1. The number of amides is 2. The maximum Gasteiger partial charge on any atom is 0.264 e. The van der Waals surface area contributed by atoms with Crippen molar-refractivity contribution < 1.29 is 22.7 Å². The third-order valence-corrected chi connectivity index (χ3v) is 9.75. The molecule has 2 unspecified atom stereocenters. The zero-order valence-corrected chi connectivity index (χ0v) is 27.7. The number of hydrogen-bond acceptors (Lipinski definition) is 5. The quantitative estimate of drug-likeness (QED) is 0.227. The van der Waals surface area contributed by atoms with Gasteiger partial charge in [0.25, 0.3) is 10.0 Å². The Kier molecular flexibility index (Phi) is 11.9. The highest BCUT2D eigenvalue weighted by molar-refractivity contribution is 7.92. The zero-order valence-electron chi connectivity index (χ0n) is 25.4. The van der Waals surface area contributed by atoms with Crippen molar-refractivity contribution in [2.45, 2.75) is 71.0 Å². The Balaban J connectivity index is 2.17. The molecule has 0 radical (unpaired) electrons. The summed E-state index contributed by atoms with van der Waals surface area (Å²) in [5, 5.41) is 3.60. The summed E-state index contributed by atoms with van der Waals surface area (Å²) in [5.74, 6) is -0.688. The van der Waals surface area contributed by atoms with Crippen LogP contribution < -0.4 is 14.4 Å². The van der Waals surface area contributed by atoms with Crippen LogP contribution in [0.15, 0.2) is 65.6 Å². The maximum absolute atomic E-state index is 14.3. The van der Waals surface area contributed by atoms with Crippen LogP contribution in [0.4, 0.5) is 5.69 Å². The van der Waals surface area contributed by atoms with Crippen molar-refractivity contribution in [1.82, 2.24) is 10.2 Å². The highest BCUT2D eigenvalue weighted by atomic mass is 35.5. The number of sulfonamides is 1. The first-order valence-corrected chi connectivity index (χ1v) is 16.3. The number of nitrogens with one attached hydrogen (secondary N) is 1. The molecule has 0 bridgehead atoms. The first kappa shape index (κ1) is 34.2. The molecule has 0 fully saturated rings. The highest BCUT2D eigenvalue weighted by Crippen LogP contribution is 2.34. The normalized spacial score (nSPS) is 12.7. The summed E-state index contributed by atoms with van der Waals surface area (Å²) in [7, 11) is -2.83. The molecular weight excluding hydrogens is 609 g/mol. The second-order valence-electron chi connectivity index (χ2n) is 10.5. The number of carbonyl (C=O) groups excluding carboxylic acids is 2. The van der Waals surface area contributed by atoms with E-state index in [0.29, 0.717) is 22.0 Å². The van der Waals surface area contributed by atoms with E-state index in [9.17, 15) is 18.0 Å². The van der Waals surface area contributed by atoms with E-state index < -0.39 is 28.5 Å². The van der Waals surface area contributed by atoms with Crippen molar-refractivity contribution in [1.29, 1.82) is 0 Å². The molecular formula is C32H39Cl2N3O5S. The Morgan fingerprint density at radius 1 is 0.930 bits per heavy atom. The van der Waals surface area contributed by atoms with E-state index in [1.165, 1.54) is 24.1 Å². The summed E-state index contributed by atoms with van der Waals surface area (Å²) in [4.78, 5) is 29.2. The van der Waals surface area contributed by atoms with Crippen molar-refractivity contribution >= 4 is 50.7 Å². The van der Waals surface area contributed by atoms with Gasteiger partial charge in [-0.25, -0.2) is 8.42 Å². The second kappa shape index (κ2) is 14.9. The van der Waals surface area contributed by atoms with Gasteiger partial charge >= 0.3 is 0 Å². The first-order valence-electron chi connectivity index (χ1n) is 14.1. The van der Waals surface area contributed by atoms with Crippen LogP contribution in [-0.4, -0.2) is 50.9 Å². The Morgan fingerprint density at radius 3 is 2.09 bits per heavy atom. The molecule has 3 aromatic carbocycles. The lowest BCUT2D eigenvalue weighted by molar-refractivity contribution is -0.140. The third kappa shape index (κ3) is 8.22. The molecule has 3 aromatic rings. The van der Waals surface area contributed by atoms with Crippen LogP contribution in [0.5, 0.6) is 5.75 Å². The minimum Gasteiger partial charge on any atom is -0.495 e. The van der Waals surface area contributed by atoms with Crippen molar-refractivity contribution in [3.8, 4) is 5.75 Å². The van der Waals surface area contributed by atoms with E-state index >= 15 is 0 Å². The fourth-order valence-corrected chi connectivity index (χ4v) is 6.49. The Labute approximate surface area is 265 Å². The fourth-order valence-electron chi connectivity index (χ4n) is 4.56. The molecule has 2 atom stereocenters. The highest BCUT2D eigenvalue weighted by Gasteiger charge is 2.35. The minimum absolute atomic E-state index is 0.0108. The van der Waals surface area contributed by atoms with Crippen LogP contribution in [0.2, 0.25) is 10.0 Å². The lowest BCUT2D eigenvalue weighted by Gasteiger charge is -2.34. The summed E-state index contributed by atoms with van der Waals surface area (Å²) in [6.07, 6.45) is 0.969. The number of aryl methyl sites for hydroxylation is 2. The van der Waals surface area contributed by atoms with Gasteiger partial charge in [-0.1, -0.05) is 66.9 Å². The van der Waals surface area contributed by atoms with Crippen LogP contribution >= 0.6 is 23.2 Å². The van der Waals surface area contributed by atoms with Gasteiger partial charge in [-0.15, -0.1) is 0 Å². The van der Waals surface area contributed by atoms with E-state index in [1.54, 1.807) is 55.5 Å². The van der Waals surface area contributed by atoms with Crippen LogP contribution in [0, 0.1) is 13.8 Å². The molecule has 1 N–H and O–H groups in total. The molecule has 43 heavy (non-hydrogen) atoms. The summed E-state index contributed by atoms with van der Waals surface area (Å²) in [5.41, 5.74) is 2.31. The van der Waals surface area contributed by atoms with Crippen molar-refractivity contribution in [3.05, 3.63) is 87.4 Å². The van der Waals surface area contributed by atoms with Gasteiger partial charge in [0.2, 0.25) is 11.8 Å². The molecule has 0 aliphatic rings. The van der Waals surface area contributed by atoms with E-state index in [4.69, 9.17) is 27.9 Å². The molecule has 0 heterocycles. The van der Waals surface area contributed by atoms with E-state index in [-0.39, 0.29) is 41.2 Å². The lowest BCUT2D eigenvalue weighted by Crippen LogP contribution is -2.53. The summed E-state index contributed by atoms with van der Waals surface area (Å²) >= 11 is 13.0. The maximum atomic E-state index is 14.3. The van der Waals surface area contributed by atoms with Gasteiger partial charge in [0.15, 0.2) is 0 Å². The van der Waals surface area contributed by atoms with Crippen LogP contribution in [0.1, 0.15) is 50.3 Å². The lowest BCUT2D eigenvalue weighted by atomic mass is 10.1. The minimum atomic E-state index is -4.26. The molecule has 0 aliphatic carbocycles. The van der Waals surface area contributed by atoms with Gasteiger partial charge in [-0.3, -0.25) is 13.9 Å². The molecule has 11 heteroatoms. The first-order chi connectivity index (χ1) is 20.3. The summed E-state index contributed by atoms with van der Waals surface area (Å²) in [6, 6.07) is 15.4. The Morgan fingerprint density at radius 2 is 1.53 bits per heavy atom. The van der Waals surface area contributed by atoms with E-state index in [0.717, 1.165) is 15.4 Å². The number of carbonyl (C=O) groups is 2. The van der Waals surface area contributed by atoms with Gasteiger partial charge in [-0.05, 0) is 75.6 Å². The van der Waals surface area contributed by atoms with Crippen LogP contribution in [0.3, 0.4) is 0 Å². The largest absolute Gasteiger partial charge is 0.495 e. The molecule has 8 nitrogen and oxygen atoms in total. The van der Waals surface area contributed by atoms with Gasteiger partial charge in [-0.2, -0.15) is 0 Å². The van der Waals surface area contributed by atoms with Crippen molar-refractivity contribution in [3.63, 3.8) is 0 Å². The van der Waals surface area contributed by atoms with Crippen molar-refractivity contribution in [2.24, 2.45) is 0 Å². The average molecular weight is 649 g/mol. The van der Waals surface area contributed by atoms with E-state index in [1.807, 2.05) is 27.7 Å². The Hall–Kier alpha value is -3.27. The predicted octanol–water partition coefficient (Wildman–Crippen LogP) is 6.54. The molecule has 232 valence electrons. The summed E-state index contributed by atoms with van der Waals surface area (Å²) < 4.78 is 34.9. The van der Waals surface area contributed by atoms with Gasteiger partial charge in [0, 0.05) is 28.2 Å².